The Bertz CT molecular complexity index is 303. The molecular formula is C12H14O2. The van der Waals surface area contributed by atoms with Gasteiger partial charge in [-0.25, -0.2) is 0 Å². The molecule has 0 heterocycles. The van der Waals surface area contributed by atoms with Gasteiger partial charge in [-0.15, -0.1) is 6.58 Å². The highest BCUT2D eigenvalue weighted by atomic mass is 16.4. The van der Waals surface area contributed by atoms with Gasteiger partial charge in [-0.05, 0) is 18.4 Å². The van der Waals surface area contributed by atoms with E-state index in [0.29, 0.717) is 12.8 Å². The zero-order chi connectivity index (χ0) is 10.4. The number of carboxylic acid groups (broad SMARTS) is 1. The van der Waals surface area contributed by atoms with Gasteiger partial charge in [0.1, 0.15) is 0 Å². The van der Waals surface area contributed by atoms with Crippen molar-refractivity contribution in [3.8, 4) is 0 Å². The molecule has 1 rings (SSSR count). The Labute approximate surface area is 83.9 Å². The lowest BCUT2D eigenvalue weighted by Crippen LogP contribution is -2.15. The monoisotopic (exact) mass is 190 g/mol. The molecule has 0 fully saturated rings. The van der Waals surface area contributed by atoms with Crippen LogP contribution in [0.15, 0.2) is 43.0 Å². The van der Waals surface area contributed by atoms with Crippen molar-refractivity contribution in [1.29, 1.82) is 0 Å². The number of carboxylic acids is 1. The summed E-state index contributed by atoms with van der Waals surface area (Å²) in [5.74, 6) is -1.11. The number of rotatable bonds is 5. The molecule has 0 aliphatic heterocycles. The van der Waals surface area contributed by atoms with Crippen molar-refractivity contribution >= 4 is 5.97 Å². The zero-order valence-corrected chi connectivity index (χ0v) is 8.02. The molecule has 0 amide bonds. The van der Waals surface area contributed by atoms with E-state index in [1.54, 1.807) is 6.08 Å². The van der Waals surface area contributed by atoms with E-state index in [-0.39, 0.29) is 5.92 Å². The van der Waals surface area contributed by atoms with E-state index >= 15 is 0 Å². The Morgan fingerprint density at radius 2 is 2.07 bits per heavy atom. The van der Waals surface area contributed by atoms with E-state index in [2.05, 4.69) is 6.58 Å². The highest BCUT2D eigenvalue weighted by molar-refractivity contribution is 5.70. The maximum absolute atomic E-state index is 10.8. The van der Waals surface area contributed by atoms with Crippen molar-refractivity contribution in [1.82, 2.24) is 0 Å². The second kappa shape index (κ2) is 5.22. The minimum absolute atomic E-state index is 0.352. The molecule has 0 bridgehead atoms. The van der Waals surface area contributed by atoms with Crippen LogP contribution in [0.4, 0.5) is 0 Å². The van der Waals surface area contributed by atoms with Crippen LogP contribution < -0.4 is 0 Å². The van der Waals surface area contributed by atoms with Crippen LogP contribution in [-0.4, -0.2) is 11.1 Å². The molecule has 0 radical (unpaired) electrons. The van der Waals surface area contributed by atoms with Crippen LogP contribution in [0.1, 0.15) is 12.0 Å². The second-order valence-corrected chi connectivity index (χ2v) is 3.25. The van der Waals surface area contributed by atoms with Gasteiger partial charge in [0.25, 0.3) is 0 Å². The third-order valence-corrected chi connectivity index (χ3v) is 2.13. The molecule has 1 N–H and O–H groups in total. The standard InChI is InChI=1S/C12H14O2/c1-2-6-11(12(13)14)9-10-7-4-3-5-8-10/h2-5,7-8,11H,1,6,9H2,(H,13,14). The number of hydrogen-bond acceptors (Lipinski definition) is 1. The number of aliphatic carboxylic acids is 1. The van der Waals surface area contributed by atoms with Crippen molar-refractivity contribution in [3.63, 3.8) is 0 Å². The van der Waals surface area contributed by atoms with Gasteiger partial charge in [0.15, 0.2) is 0 Å². The minimum Gasteiger partial charge on any atom is -0.481 e. The summed E-state index contributed by atoms with van der Waals surface area (Å²) in [7, 11) is 0. The van der Waals surface area contributed by atoms with Gasteiger partial charge in [-0.3, -0.25) is 4.79 Å². The summed E-state index contributed by atoms with van der Waals surface area (Å²) in [6.07, 6.45) is 2.74. The maximum atomic E-state index is 10.8. The van der Waals surface area contributed by atoms with Crippen molar-refractivity contribution < 1.29 is 9.90 Å². The normalized spacial score (nSPS) is 12.0. The molecule has 1 aromatic rings. The molecule has 1 atom stereocenters. The van der Waals surface area contributed by atoms with E-state index in [9.17, 15) is 4.79 Å². The average Bonchev–Trinajstić information content (AvgIpc) is 2.18. The van der Waals surface area contributed by atoms with Crippen LogP contribution in [0.5, 0.6) is 0 Å². The Kier molecular flexibility index (Phi) is 3.92. The lowest BCUT2D eigenvalue weighted by Gasteiger charge is -2.09. The molecule has 0 saturated heterocycles. The fourth-order valence-corrected chi connectivity index (χ4v) is 1.37. The molecule has 0 aliphatic carbocycles. The van der Waals surface area contributed by atoms with E-state index in [4.69, 9.17) is 5.11 Å². The van der Waals surface area contributed by atoms with Crippen LogP contribution in [-0.2, 0) is 11.2 Å². The summed E-state index contributed by atoms with van der Waals surface area (Å²) in [4.78, 5) is 10.8. The van der Waals surface area contributed by atoms with Gasteiger partial charge in [-0.1, -0.05) is 36.4 Å². The first kappa shape index (κ1) is 10.5. The fraction of sp³-hybridized carbons (Fsp3) is 0.250. The zero-order valence-electron chi connectivity index (χ0n) is 8.02. The summed E-state index contributed by atoms with van der Waals surface area (Å²) in [6.45, 7) is 3.56. The van der Waals surface area contributed by atoms with Crippen molar-refractivity contribution in [3.05, 3.63) is 48.6 Å². The third kappa shape index (κ3) is 3.05. The first-order valence-corrected chi connectivity index (χ1v) is 4.61. The Morgan fingerprint density at radius 1 is 1.43 bits per heavy atom. The topological polar surface area (TPSA) is 37.3 Å². The van der Waals surface area contributed by atoms with Gasteiger partial charge in [-0.2, -0.15) is 0 Å². The molecule has 2 nitrogen and oxygen atoms in total. The van der Waals surface area contributed by atoms with Crippen LogP contribution in [0.2, 0.25) is 0 Å². The summed E-state index contributed by atoms with van der Waals surface area (Å²) in [5, 5.41) is 8.92. The number of allylic oxidation sites excluding steroid dienone is 1. The van der Waals surface area contributed by atoms with E-state index in [1.165, 1.54) is 0 Å². The van der Waals surface area contributed by atoms with Gasteiger partial charge in [0.05, 0.1) is 5.92 Å². The van der Waals surface area contributed by atoms with Gasteiger partial charge < -0.3 is 5.11 Å². The minimum atomic E-state index is -0.756. The number of hydrogen-bond donors (Lipinski definition) is 1. The van der Waals surface area contributed by atoms with Crippen LogP contribution in [0.25, 0.3) is 0 Å². The Hall–Kier alpha value is -1.57. The van der Waals surface area contributed by atoms with Crippen molar-refractivity contribution in [2.45, 2.75) is 12.8 Å². The average molecular weight is 190 g/mol. The molecule has 2 heteroatoms. The molecule has 1 aromatic carbocycles. The van der Waals surface area contributed by atoms with E-state index < -0.39 is 5.97 Å². The molecule has 1 unspecified atom stereocenters. The largest absolute Gasteiger partial charge is 0.481 e. The lowest BCUT2D eigenvalue weighted by molar-refractivity contribution is -0.141. The fourth-order valence-electron chi connectivity index (χ4n) is 1.37. The predicted molar refractivity (Wildman–Crippen MR) is 56.1 cm³/mol. The highest BCUT2D eigenvalue weighted by Gasteiger charge is 2.15. The Balaban J connectivity index is 2.64. The second-order valence-electron chi connectivity index (χ2n) is 3.25. The smallest absolute Gasteiger partial charge is 0.307 e. The molecule has 0 saturated carbocycles. The van der Waals surface area contributed by atoms with Crippen molar-refractivity contribution in [2.75, 3.05) is 0 Å². The molecule has 0 aromatic heterocycles. The quantitative estimate of drug-likeness (QED) is 0.724. The predicted octanol–water partition coefficient (Wildman–Crippen LogP) is 2.51. The van der Waals surface area contributed by atoms with Gasteiger partial charge in [0, 0.05) is 0 Å². The van der Waals surface area contributed by atoms with Gasteiger partial charge >= 0.3 is 5.97 Å². The first-order chi connectivity index (χ1) is 6.74. The Morgan fingerprint density at radius 3 is 2.57 bits per heavy atom. The summed E-state index contributed by atoms with van der Waals surface area (Å²) >= 11 is 0. The summed E-state index contributed by atoms with van der Waals surface area (Å²) < 4.78 is 0. The van der Waals surface area contributed by atoms with Gasteiger partial charge in [0.2, 0.25) is 0 Å². The lowest BCUT2D eigenvalue weighted by atomic mass is 9.96. The molecule has 0 aliphatic rings. The molecule has 74 valence electrons. The third-order valence-electron chi connectivity index (χ3n) is 2.13. The number of benzene rings is 1. The molecular weight excluding hydrogens is 176 g/mol. The molecule has 14 heavy (non-hydrogen) atoms. The van der Waals surface area contributed by atoms with Crippen molar-refractivity contribution in [2.24, 2.45) is 5.92 Å². The first-order valence-electron chi connectivity index (χ1n) is 4.61. The van der Waals surface area contributed by atoms with E-state index in [1.807, 2.05) is 30.3 Å². The highest BCUT2D eigenvalue weighted by Crippen LogP contribution is 2.12. The molecule has 0 spiro atoms. The van der Waals surface area contributed by atoms with Crippen LogP contribution >= 0.6 is 0 Å². The summed E-state index contributed by atoms with van der Waals surface area (Å²) in [6, 6.07) is 9.65. The van der Waals surface area contributed by atoms with E-state index in [0.717, 1.165) is 5.56 Å². The summed E-state index contributed by atoms with van der Waals surface area (Å²) in [5.41, 5.74) is 1.06. The SMILES string of the molecule is C=CCC(Cc1ccccc1)C(=O)O. The van der Waals surface area contributed by atoms with Crippen LogP contribution in [0, 0.1) is 5.92 Å². The number of carbonyl (C=O) groups is 1. The maximum Gasteiger partial charge on any atom is 0.307 e. The van der Waals surface area contributed by atoms with Crippen LogP contribution in [0.3, 0.4) is 0 Å².